The molecule has 2 bridgehead atoms. The smallest absolute Gasteiger partial charge is 0.0713 e. The number of anilines is 3. The first kappa shape index (κ1) is 33.4. The third kappa shape index (κ3) is 5.56. The van der Waals surface area contributed by atoms with Crippen molar-refractivity contribution in [3.05, 3.63) is 259 Å². The van der Waals surface area contributed by atoms with Gasteiger partial charge in [0.05, 0.1) is 5.41 Å². The Morgan fingerprint density at radius 3 is 1.27 bits per heavy atom. The molecule has 1 aliphatic rings. The zero-order valence-electron chi connectivity index (χ0n) is 31.0. The van der Waals surface area contributed by atoms with Crippen LogP contribution in [0.15, 0.2) is 237 Å². The molecule has 0 aromatic heterocycles. The molecular formula is C55H39N. The van der Waals surface area contributed by atoms with Crippen LogP contribution in [0.25, 0.3) is 44.5 Å². The maximum Gasteiger partial charge on any atom is 0.0713 e. The molecule has 0 amide bonds. The minimum Gasteiger partial charge on any atom is -0.311 e. The summed E-state index contributed by atoms with van der Waals surface area (Å²) in [6.07, 6.45) is 0. The molecule has 1 nitrogen and oxygen atoms in total. The Morgan fingerprint density at radius 1 is 0.250 bits per heavy atom. The highest BCUT2D eigenvalue weighted by Crippen LogP contribution is 2.56. The van der Waals surface area contributed by atoms with Gasteiger partial charge in [-0.25, -0.2) is 0 Å². The molecule has 0 spiro atoms. The molecule has 9 aromatic carbocycles. The maximum absolute atomic E-state index is 2.36. The van der Waals surface area contributed by atoms with Gasteiger partial charge in [-0.3, -0.25) is 0 Å². The molecule has 0 saturated carbocycles. The highest BCUT2D eigenvalue weighted by Gasteiger charge is 2.43. The van der Waals surface area contributed by atoms with E-state index in [9.17, 15) is 0 Å². The van der Waals surface area contributed by atoms with Crippen LogP contribution >= 0.6 is 0 Å². The molecule has 1 aliphatic carbocycles. The van der Waals surface area contributed by atoms with E-state index in [0.29, 0.717) is 0 Å². The minimum absolute atomic E-state index is 0.624. The Morgan fingerprint density at radius 2 is 0.661 bits per heavy atom. The highest BCUT2D eigenvalue weighted by atomic mass is 15.1. The Kier molecular flexibility index (Phi) is 8.46. The summed E-state index contributed by atoms with van der Waals surface area (Å²) in [6.45, 7) is 0. The first-order chi connectivity index (χ1) is 27.8. The van der Waals surface area contributed by atoms with E-state index >= 15 is 0 Å². The van der Waals surface area contributed by atoms with Gasteiger partial charge in [0.15, 0.2) is 0 Å². The van der Waals surface area contributed by atoms with E-state index < -0.39 is 5.41 Å². The topological polar surface area (TPSA) is 3.24 Å². The van der Waals surface area contributed by atoms with Crippen LogP contribution in [0.3, 0.4) is 0 Å². The molecule has 10 rings (SSSR count). The normalized spacial score (nSPS) is 14.1. The zero-order chi connectivity index (χ0) is 37.3. The molecule has 0 heterocycles. The Bertz CT molecular complexity index is 2720. The van der Waals surface area contributed by atoms with E-state index in [2.05, 4.69) is 241 Å². The summed E-state index contributed by atoms with van der Waals surface area (Å²) < 4.78 is 0. The van der Waals surface area contributed by atoms with Gasteiger partial charge in [0.2, 0.25) is 0 Å². The van der Waals surface area contributed by atoms with Gasteiger partial charge in [0.25, 0.3) is 0 Å². The molecule has 1 unspecified atom stereocenters. The molecule has 0 N–H and O–H groups in total. The van der Waals surface area contributed by atoms with Crippen molar-refractivity contribution in [2.75, 3.05) is 4.90 Å². The number of nitrogens with zero attached hydrogens (tertiary/aromatic N) is 1. The molecule has 1 atom stereocenters. The number of para-hydroxylation sites is 2. The highest BCUT2D eigenvalue weighted by molar-refractivity contribution is 5.97. The number of hydrogen-bond acceptors (Lipinski definition) is 1. The molecule has 0 aliphatic heterocycles. The Balaban J connectivity index is 1.17. The van der Waals surface area contributed by atoms with Crippen molar-refractivity contribution < 1.29 is 0 Å². The van der Waals surface area contributed by atoms with E-state index in [1.807, 2.05) is 0 Å². The largest absolute Gasteiger partial charge is 0.311 e. The molecule has 1 heteroatoms. The average Bonchev–Trinajstić information content (AvgIpc) is 3.28. The average molecular weight is 714 g/mol. The van der Waals surface area contributed by atoms with Crippen molar-refractivity contribution in [1.29, 1.82) is 0 Å². The number of benzene rings is 9. The second kappa shape index (κ2) is 14.2. The van der Waals surface area contributed by atoms with Gasteiger partial charge in [-0.1, -0.05) is 200 Å². The summed E-state index contributed by atoms with van der Waals surface area (Å²) >= 11 is 0. The third-order valence-corrected chi connectivity index (χ3v) is 11.4. The molecule has 0 radical (unpaired) electrons. The van der Waals surface area contributed by atoms with Crippen LogP contribution in [-0.2, 0) is 5.41 Å². The molecule has 9 aromatic rings. The van der Waals surface area contributed by atoms with Gasteiger partial charge in [-0.2, -0.15) is 0 Å². The zero-order valence-corrected chi connectivity index (χ0v) is 31.0. The lowest BCUT2D eigenvalue weighted by Gasteiger charge is -2.41. The number of rotatable bonds is 7. The quantitative estimate of drug-likeness (QED) is 0.159. The lowest BCUT2D eigenvalue weighted by Crippen LogP contribution is -2.33. The Labute approximate surface area is 329 Å². The fourth-order valence-electron chi connectivity index (χ4n) is 8.94. The van der Waals surface area contributed by atoms with Crippen LogP contribution in [0.4, 0.5) is 17.1 Å². The van der Waals surface area contributed by atoms with Crippen molar-refractivity contribution in [1.82, 2.24) is 0 Å². The van der Waals surface area contributed by atoms with Crippen molar-refractivity contribution >= 4 is 17.1 Å². The first-order valence-corrected chi connectivity index (χ1v) is 19.4. The predicted octanol–water partition coefficient (Wildman–Crippen LogP) is 14.5. The summed E-state index contributed by atoms with van der Waals surface area (Å²) in [6, 6.07) is 86.4. The van der Waals surface area contributed by atoms with Crippen LogP contribution in [0.5, 0.6) is 0 Å². The van der Waals surface area contributed by atoms with E-state index in [-0.39, 0.29) is 0 Å². The van der Waals surface area contributed by atoms with Gasteiger partial charge in [0.1, 0.15) is 0 Å². The van der Waals surface area contributed by atoms with Crippen molar-refractivity contribution in [2.24, 2.45) is 0 Å². The molecule has 0 saturated heterocycles. The van der Waals surface area contributed by atoms with Gasteiger partial charge < -0.3 is 4.90 Å². The van der Waals surface area contributed by atoms with E-state index in [0.717, 1.165) is 17.1 Å². The monoisotopic (exact) mass is 713 g/mol. The molecular weight excluding hydrogens is 675 g/mol. The van der Waals surface area contributed by atoms with E-state index in [4.69, 9.17) is 0 Å². The summed E-state index contributed by atoms with van der Waals surface area (Å²) in [7, 11) is 0. The van der Waals surface area contributed by atoms with E-state index in [1.54, 1.807) is 0 Å². The van der Waals surface area contributed by atoms with Crippen LogP contribution in [0.2, 0.25) is 0 Å². The lowest BCUT2D eigenvalue weighted by molar-refractivity contribution is 0.748. The van der Waals surface area contributed by atoms with Gasteiger partial charge >= 0.3 is 0 Å². The molecule has 56 heavy (non-hydrogen) atoms. The van der Waals surface area contributed by atoms with Crippen LogP contribution < -0.4 is 4.90 Å². The predicted molar refractivity (Wildman–Crippen MR) is 235 cm³/mol. The molecule has 0 fully saturated rings. The van der Waals surface area contributed by atoms with Gasteiger partial charge in [-0.05, 0) is 103 Å². The van der Waals surface area contributed by atoms with Gasteiger partial charge in [-0.15, -0.1) is 0 Å². The van der Waals surface area contributed by atoms with Gasteiger partial charge in [0, 0.05) is 17.1 Å². The SMILES string of the molecule is c1ccc(-c2c3cccc2C(c2ccccc2)(c2ccc(-c4ccc(N(c5ccccc5)c5ccccc5)cc4)cc2)c2ccccc2-c2ccccc2-3)cc1. The summed E-state index contributed by atoms with van der Waals surface area (Å²) in [5.41, 5.74) is 17.6. The van der Waals surface area contributed by atoms with Crippen LogP contribution in [-0.4, -0.2) is 0 Å². The summed E-state index contributed by atoms with van der Waals surface area (Å²) in [5, 5.41) is 0. The fourth-order valence-corrected chi connectivity index (χ4v) is 8.94. The number of fused-ring (bicyclic) bond motifs is 6. The van der Waals surface area contributed by atoms with Crippen molar-refractivity contribution in [3.8, 4) is 44.5 Å². The van der Waals surface area contributed by atoms with Crippen LogP contribution in [0.1, 0.15) is 22.3 Å². The third-order valence-electron chi connectivity index (χ3n) is 11.4. The lowest BCUT2D eigenvalue weighted by atomic mass is 9.60. The maximum atomic E-state index is 2.36. The molecule has 264 valence electrons. The van der Waals surface area contributed by atoms with Crippen molar-refractivity contribution in [3.63, 3.8) is 0 Å². The Hall–Kier alpha value is -7.22. The second-order valence-corrected chi connectivity index (χ2v) is 14.4. The second-order valence-electron chi connectivity index (χ2n) is 14.4. The van der Waals surface area contributed by atoms with E-state index in [1.165, 1.54) is 66.8 Å². The number of hydrogen-bond donors (Lipinski definition) is 0. The standard InChI is InChI=1S/C55H39N/c1-5-18-42(19-6-1)54-51-29-17-31-53(54)55(43-20-7-2-8-21-43,52-30-16-15-28-50(52)48-26-13-14-27-49(48)51)44-36-32-40(33-37-44)41-34-38-47(39-35-41)56(45-22-9-3-10-23-45)46-24-11-4-12-25-46/h1-39H. The van der Waals surface area contributed by atoms with Crippen LogP contribution in [0, 0.1) is 0 Å². The minimum atomic E-state index is -0.624. The van der Waals surface area contributed by atoms with Crippen molar-refractivity contribution in [2.45, 2.75) is 5.41 Å². The fraction of sp³-hybridized carbons (Fsp3) is 0.0182. The summed E-state index contributed by atoms with van der Waals surface area (Å²) in [4.78, 5) is 2.30. The first-order valence-electron chi connectivity index (χ1n) is 19.4. The summed E-state index contributed by atoms with van der Waals surface area (Å²) in [5.74, 6) is 0.